The van der Waals surface area contributed by atoms with Gasteiger partial charge in [-0.15, -0.1) is 0 Å². The van der Waals surface area contributed by atoms with Crippen molar-refractivity contribution in [2.45, 2.75) is 37.6 Å². The number of aromatic nitrogens is 4. The molecule has 0 radical (unpaired) electrons. The lowest BCUT2D eigenvalue weighted by molar-refractivity contribution is -0.0197. The van der Waals surface area contributed by atoms with E-state index in [9.17, 15) is 9.59 Å². The molecule has 0 atom stereocenters. The topological polar surface area (TPSA) is 92.1 Å². The molecule has 0 bridgehead atoms. The summed E-state index contributed by atoms with van der Waals surface area (Å²) in [7, 11) is 0. The minimum atomic E-state index is -0.137. The van der Waals surface area contributed by atoms with Gasteiger partial charge in [-0.1, -0.05) is 24.3 Å². The first kappa shape index (κ1) is 17.4. The molecule has 1 aromatic carbocycles. The molecule has 2 N–H and O–H groups in total. The molecule has 2 aliphatic carbocycles. The fraction of sp³-hybridized carbons (Fsp3) is 0.304. The van der Waals surface area contributed by atoms with Crippen LogP contribution in [0, 0.1) is 5.41 Å². The van der Waals surface area contributed by atoms with Crippen LogP contribution in [0.2, 0.25) is 0 Å². The van der Waals surface area contributed by atoms with Gasteiger partial charge in [0.05, 0.1) is 16.6 Å². The lowest BCUT2D eigenvalue weighted by Gasteiger charge is -2.57. The zero-order valence-electron chi connectivity index (χ0n) is 16.3. The number of nitrogens with one attached hydrogen (secondary N) is 2. The van der Waals surface area contributed by atoms with Crippen LogP contribution in [-0.2, 0) is 0 Å². The number of carbonyl (C=O) groups is 1. The molecule has 6 rings (SSSR count). The third-order valence-corrected chi connectivity index (χ3v) is 6.77. The normalized spacial score (nSPS) is 25.2. The number of pyridine rings is 1. The van der Waals surface area contributed by atoms with Gasteiger partial charge in [0.2, 0.25) is 0 Å². The van der Waals surface area contributed by atoms with Gasteiger partial charge in [0.15, 0.2) is 5.69 Å². The highest BCUT2D eigenvalue weighted by Crippen LogP contribution is 2.62. The van der Waals surface area contributed by atoms with Crippen LogP contribution in [0.25, 0.3) is 16.3 Å². The third kappa shape index (κ3) is 2.65. The van der Waals surface area contributed by atoms with Gasteiger partial charge < -0.3 is 5.32 Å². The maximum atomic E-state index is 12.6. The zero-order chi connectivity index (χ0) is 20.3. The number of fused-ring (bicyclic) bond motifs is 2. The van der Waals surface area contributed by atoms with Gasteiger partial charge in [-0.25, -0.2) is 9.61 Å². The largest absolute Gasteiger partial charge is 0.348 e. The van der Waals surface area contributed by atoms with Crippen molar-refractivity contribution < 1.29 is 4.79 Å². The summed E-state index contributed by atoms with van der Waals surface area (Å²) in [4.78, 5) is 24.6. The Labute approximate surface area is 172 Å². The van der Waals surface area contributed by atoms with Crippen molar-refractivity contribution in [3.63, 3.8) is 0 Å². The number of H-pyrrole nitrogens is 1. The van der Waals surface area contributed by atoms with Crippen LogP contribution in [0.1, 0.15) is 47.8 Å². The van der Waals surface area contributed by atoms with E-state index in [0.717, 1.165) is 42.3 Å². The Hall–Kier alpha value is -3.48. The minimum Gasteiger partial charge on any atom is -0.348 e. The smallest absolute Gasteiger partial charge is 0.272 e. The fourth-order valence-electron chi connectivity index (χ4n) is 5.36. The summed E-state index contributed by atoms with van der Waals surface area (Å²) in [6.45, 7) is 0. The fourth-order valence-corrected chi connectivity index (χ4v) is 5.36. The molecule has 7 nitrogen and oxygen atoms in total. The Morgan fingerprint density at radius 3 is 2.63 bits per heavy atom. The summed E-state index contributed by atoms with van der Waals surface area (Å²) < 4.78 is 1.72. The summed E-state index contributed by atoms with van der Waals surface area (Å²) in [5.41, 5.74) is 2.52. The number of benzene rings is 1. The van der Waals surface area contributed by atoms with Crippen molar-refractivity contribution in [3.8, 4) is 0 Å². The van der Waals surface area contributed by atoms with Crippen LogP contribution in [0.15, 0.2) is 59.5 Å². The molecule has 4 aromatic rings. The van der Waals surface area contributed by atoms with Crippen molar-refractivity contribution in [2.75, 3.05) is 0 Å². The van der Waals surface area contributed by atoms with E-state index in [-0.39, 0.29) is 17.5 Å². The van der Waals surface area contributed by atoms with E-state index in [1.807, 2.05) is 54.7 Å². The number of hydrogen-bond acceptors (Lipinski definition) is 4. The maximum Gasteiger partial charge on any atom is 0.272 e. The second-order valence-corrected chi connectivity index (χ2v) is 8.77. The monoisotopic (exact) mass is 399 g/mol. The molecule has 1 spiro atoms. The number of carbonyl (C=O) groups excluding carboxylic acids is 1. The predicted octanol–water partition coefficient (Wildman–Crippen LogP) is 3.03. The SMILES string of the molecule is O=C(N[C@H]1CC2(C1)C[C@H](c1n[nH]c(=O)c3ccccc31)C2)c1cc2ccccn2n1. The molecule has 0 aliphatic heterocycles. The quantitative estimate of drug-likeness (QED) is 0.554. The van der Waals surface area contributed by atoms with E-state index in [1.54, 1.807) is 4.52 Å². The highest BCUT2D eigenvalue weighted by Gasteiger charge is 2.54. The molecule has 0 saturated heterocycles. The zero-order valence-corrected chi connectivity index (χ0v) is 16.3. The van der Waals surface area contributed by atoms with Gasteiger partial charge in [-0.05, 0) is 55.4 Å². The van der Waals surface area contributed by atoms with E-state index < -0.39 is 0 Å². The number of nitrogens with zero attached hydrogens (tertiary/aromatic N) is 3. The maximum absolute atomic E-state index is 12.6. The average molecular weight is 399 g/mol. The summed E-state index contributed by atoms with van der Waals surface area (Å²) in [5, 5.41) is 16.1. The first-order valence-electron chi connectivity index (χ1n) is 10.3. The molecule has 3 heterocycles. The lowest BCUT2D eigenvalue weighted by atomic mass is 9.49. The first-order valence-corrected chi connectivity index (χ1v) is 10.3. The Kier molecular flexibility index (Phi) is 3.63. The van der Waals surface area contributed by atoms with Gasteiger partial charge in [-0.3, -0.25) is 9.59 Å². The summed E-state index contributed by atoms with van der Waals surface area (Å²) >= 11 is 0. The molecule has 2 fully saturated rings. The van der Waals surface area contributed by atoms with E-state index in [2.05, 4.69) is 20.6 Å². The Balaban J connectivity index is 1.11. The van der Waals surface area contributed by atoms with Gasteiger partial charge >= 0.3 is 0 Å². The van der Waals surface area contributed by atoms with Crippen LogP contribution < -0.4 is 10.9 Å². The van der Waals surface area contributed by atoms with E-state index >= 15 is 0 Å². The van der Waals surface area contributed by atoms with Gasteiger partial charge in [-0.2, -0.15) is 10.2 Å². The molecule has 0 unspecified atom stereocenters. The molecule has 2 saturated carbocycles. The number of rotatable bonds is 3. The summed E-state index contributed by atoms with van der Waals surface area (Å²) in [6.07, 6.45) is 5.93. The van der Waals surface area contributed by atoms with Crippen LogP contribution in [0.5, 0.6) is 0 Å². The van der Waals surface area contributed by atoms with Crippen LogP contribution in [-0.4, -0.2) is 31.8 Å². The van der Waals surface area contributed by atoms with E-state index in [1.165, 1.54) is 0 Å². The Morgan fingerprint density at radius 1 is 1.07 bits per heavy atom. The van der Waals surface area contributed by atoms with Crippen molar-refractivity contribution in [1.82, 2.24) is 25.1 Å². The van der Waals surface area contributed by atoms with Crippen molar-refractivity contribution in [2.24, 2.45) is 5.41 Å². The number of amides is 1. The van der Waals surface area contributed by atoms with Crippen molar-refractivity contribution in [1.29, 1.82) is 0 Å². The predicted molar refractivity (Wildman–Crippen MR) is 112 cm³/mol. The number of aromatic amines is 1. The second-order valence-electron chi connectivity index (χ2n) is 8.77. The van der Waals surface area contributed by atoms with Crippen LogP contribution in [0.3, 0.4) is 0 Å². The van der Waals surface area contributed by atoms with Crippen LogP contribution >= 0.6 is 0 Å². The highest BCUT2D eigenvalue weighted by atomic mass is 16.2. The number of hydrogen-bond donors (Lipinski definition) is 2. The molecular formula is C23H21N5O2. The molecule has 7 heteroatoms. The lowest BCUT2D eigenvalue weighted by Crippen LogP contribution is -2.55. The summed E-state index contributed by atoms with van der Waals surface area (Å²) in [5.74, 6) is 0.254. The third-order valence-electron chi connectivity index (χ3n) is 6.77. The second kappa shape index (κ2) is 6.26. The van der Waals surface area contributed by atoms with Gasteiger partial charge in [0, 0.05) is 23.5 Å². The molecule has 150 valence electrons. The van der Waals surface area contributed by atoms with Crippen molar-refractivity contribution in [3.05, 3.63) is 76.5 Å². The van der Waals surface area contributed by atoms with Gasteiger partial charge in [0.25, 0.3) is 11.5 Å². The first-order chi connectivity index (χ1) is 14.6. The van der Waals surface area contributed by atoms with E-state index in [4.69, 9.17) is 0 Å². The minimum absolute atomic E-state index is 0.109. The molecule has 1 amide bonds. The van der Waals surface area contributed by atoms with E-state index in [0.29, 0.717) is 22.4 Å². The van der Waals surface area contributed by atoms with Crippen molar-refractivity contribution >= 4 is 22.2 Å². The molecular weight excluding hydrogens is 378 g/mol. The highest BCUT2D eigenvalue weighted by molar-refractivity contribution is 5.93. The Morgan fingerprint density at radius 2 is 1.83 bits per heavy atom. The standard InChI is InChI=1S/C23H21N5O2/c29-21-18-7-2-1-6-17(18)20(25-26-21)14-10-23(11-14)12-15(13-23)24-22(30)19-9-16-5-3-4-8-28(16)27-19/h1-9,14-15H,10-13H2,(H,24,30)(H,26,29)/t14-,15-,23?. The van der Waals surface area contributed by atoms with Crippen LogP contribution in [0.4, 0.5) is 0 Å². The summed E-state index contributed by atoms with van der Waals surface area (Å²) in [6, 6.07) is 15.4. The average Bonchev–Trinajstić information content (AvgIpc) is 3.14. The van der Waals surface area contributed by atoms with Gasteiger partial charge in [0.1, 0.15) is 0 Å². The molecule has 2 aliphatic rings. The molecule has 30 heavy (non-hydrogen) atoms. The molecule has 3 aromatic heterocycles. The Bertz CT molecular complexity index is 1310.